The van der Waals surface area contributed by atoms with Gasteiger partial charge >= 0.3 is 0 Å². The van der Waals surface area contributed by atoms with Gasteiger partial charge in [-0.2, -0.15) is 0 Å². The molecule has 0 saturated heterocycles. The van der Waals surface area contributed by atoms with Gasteiger partial charge in [-0.3, -0.25) is 14.9 Å². The summed E-state index contributed by atoms with van der Waals surface area (Å²) in [4.78, 5) is 21.9. The van der Waals surface area contributed by atoms with E-state index < -0.39 is 20.7 Å². The van der Waals surface area contributed by atoms with Crippen molar-refractivity contribution in [2.75, 3.05) is 18.6 Å². The van der Waals surface area contributed by atoms with Crippen LogP contribution in [0.2, 0.25) is 0 Å². The van der Waals surface area contributed by atoms with E-state index in [1.807, 2.05) is 0 Å². The fraction of sp³-hybridized carbons (Fsp3) is 0.364. The Labute approximate surface area is 124 Å². The molecule has 7 nitrogen and oxygen atoms in total. The number of sulfone groups is 1. The van der Waals surface area contributed by atoms with Gasteiger partial charge in [-0.1, -0.05) is 0 Å². The van der Waals surface area contributed by atoms with Crippen LogP contribution < -0.4 is 5.32 Å². The highest BCUT2D eigenvalue weighted by Crippen LogP contribution is 2.22. The number of hydrogen-bond donors (Lipinski definition) is 1. The number of carbonyl (C=O) groups excluding carboxylic acids is 1. The Morgan fingerprint density at radius 1 is 1.45 bits per heavy atom. The average molecular weight is 365 g/mol. The molecule has 0 unspecified atom stereocenters. The maximum atomic E-state index is 11.9. The number of amides is 1. The zero-order valence-electron chi connectivity index (χ0n) is 10.6. The van der Waals surface area contributed by atoms with Gasteiger partial charge < -0.3 is 5.32 Å². The van der Waals surface area contributed by atoms with Crippen LogP contribution in [0.15, 0.2) is 22.7 Å². The van der Waals surface area contributed by atoms with Crippen molar-refractivity contribution >= 4 is 37.4 Å². The summed E-state index contributed by atoms with van der Waals surface area (Å²) in [6.45, 7) is 0.182. The lowest BCUT2D eigenvalue weighted by Gasteiger charge is -2.06. The molecule has 0 aliphatic carbocycles. The van der Waals surface area contributed by atoms with Gasteiger partial charge in [-0.05, 0) is 28.4 Å². The van der Waals surface area contributed by atoms with Crippen LogP contribution in [0, 0.1) is 10.1 Å². The average Bonchev–Trinajstić information content (AvgIpc) is 2.33. The molecular formula is C11H13BrN2O5S. The summed E-state index contributed by atoms with van der Waals surface area (Å²) >= 11 is 3.14. The molecule has 9 heteroatoms. The minimum Gasteiger partial charge on any atom is -0.352 e. The minimum atomic E-state index is -3.06. The van der Waals surface area contributed by atoms with E-state index in [1.165, 1.54) is 12.1 Å². The molecule has 0 aliphatic heterocycles. The molecule has 1 amide bonds. The standard InChI is InChI=1S/C11H13BrN2O5S/c1-20(18,19)6-2-5-13-11(15)9-7-8(14(16)17)3-4-10(9)12/h3-4,7H,2,5-6H2,1H3,(H,13,15). The molecule has 0 spiro atoms. The van der Waals surface area contributed by atoms with E-state index in [0.717, 1.165) is 12.3 Å². The first-order valence-electron chi connectivity index (χ1n) is 5.60. The van der Waals surface area contributed by atoms with Gasteiger partial charge in [0.25, 0.3) is 11.6 Å². The second-order valence-corrected chi connectivity index (χ2v) is 7.27. The lowest BCUT2D eigenvalue weighted by Crippen LogP contribution is -2.26. The first-order chi connectivity index (χ1) is 9.20. The van der Waals surface area contributed by atoms with Crippen molar-refractivity contribution in [1.29, 1.82) is 0 Å². The summed E-state index contributed by atoms with van der Waals surface area (Å²) < 4.78 is 22.3. The quantitative estimate of drug-likeness (QED) is 0.467. The number of nitro groups is 1. The van der Waals surface area contributed by atoms with E-state index in [2.05, 4.69) is 21.2 Å². The summed E-state index contributed by atoms with van der Waals surface area (Å²) in [5, 5.41) is 13.2. The number of rotatable bonds is 6. The Hall–Kier alpha value is -1.48. The van der Waals surface area contributed by atoms with Crippen LogP contribution in [-0.4, -0.2) is 37.8 Å². The second kappa shape index (κ2) is 6.80. The van der Waals surface area contributed by atoms with Crippen molar-refractivity contribution in [3.63, 3.8) is 0 Å². The van der Waals surface area contributed by atoms with Crippen LogP contribution in [0.25, 0.3) is 0 Å². The van der Waals surface area contributed by atoms with Gasteiger partial charge in [0.2, 0.25) is 0 Å². The van der Waals surface area contributed by atoms with Crippen LogP contribution in [-0.2, 0) is 9.84 Å². The largest absolute Gasteiger partial charge is 0.352 e. The third kappa shape index (κ3) is 5.25. The highest BCUT2D eigenvalue weighted by atomic mass is 79.9. The van der Waals surface area contributed by atoms with Crippen molar-refractivity contribution in [3.8, 4) is 0 Å². The third-order valence-corrected chi connectivity index (χ3v) is 4.10. The predicted octanol–water partition coefficient (Wildman–Crippen LogP) is 1.52. The number of nitrogens with one attached hydrogen (secondary N) is 1. The summed E-state index contributed by atoms with van der Waals surface area (Å²) in [5.41, 5.74) is -0.0481. The molecule has 0 saturated carbocycles. The Morgan fingerprint density at radius 3 is 2.65 bits per heavy atom. The number of nitrogens with zero attached hydrogens (tertiary/aromatic N) is 1. The Balaban J connectivity index is 2.68. The number of benzene rings is 1. The lowest BCUT2D eigenvalue weighted by molar-refractivity contribution is -0.384. The number of non-ortho nitro benzene ring substituents is 1. The monoisotopic (exact) mass is 364 g/mol. The number of carbonyl (C=O) groups is 1. The molecular weight excluding hydrogens is 352 g/mol. The van der Waals surface area contributed by atoms with Gasteiger partial charge in [-0.15, -0.1) is 0 Å². The van der Waals surface area contributed by atoms with Crippen molar-refractivity contribution in [3.05, 3.63) is 38.3 Å². The molecule has 0 radical (unpaired) electrons. The van der Waals surface area contributed by atoms with Crippen molar-refractivity contribution in [2.24, 2.45) is 0 Å². The van der Waals surface area contributed by atoms with Crippen LogP contribution in [0.4, 0.5) is 5.69 Å². The van der Waals surface area contributed by atoms with Crippen LogP contribution in [0.5, 0.6) is 0 Å². The highest BCUT2D eigenvalue weighted by Gasteiger charge is 2.15. The SMILES string of the molecule is CS(=O)(=O)CCCNC(=O)c1cc([N+](=O)[O-])ccc1Br. The van der Waals surface area contributed by atoms with Crippen LogP contribution in [0.1, 0.15) is 16.8 Å². The first kappa shape index (κ1) is 16.6. The second-order valence-electron chi connectivity index (χ2n) is 4.16. The fourth-order valence-corrected chi connectivity index (χ4v) is 2.53. The number of nitro benzene ring substituents is 1. The normalized spacial score (nSPS) is 11.1. The van der Waals surface area contributed by atoms with E-state index in [1.54, 1.807) is 0 Å². The van der Waals surface area contributed by atoms with E-state index in [0.29, 0.717) is 4.47 Å². The van der Waals surface area contributed by atoms with E-state index >= 15 is 0 Å². The first-order valence-corrected chi connectivity index (χ1v) is 8.46. The summed E-state index contributed by atoms with van der Waals surface area (Å²) in [5.74, 6) is -0.516. The zero-order chi connectivity index (χ0) is 15.3. The number of hydrogen-bond acceptors (Lipinski definition) is 5. The Bertz CT molecular complexity index is 630. The molecule has 1 N–H and O–H groups in total. The molecule has 0 bridgehead atoms. The molecule has 0 fully saturated rings. The minimum absolute atomic E-state index is 0.0244. The molecule has 1 aromatic rings. The van der Waals surface area contributed by atoms with Crippen LogP contribution >= 0.6 is 15.9 Å². The zero-order valence-corrected chi connectivity index (χ0v) is 13.0. The molecule has 110 valence electrons. The third-order valence-electron chi connectivity index (χ3n) is 2.38. The molecule has 1 rings (SSSR count). The summed E-state index contributed by atoms with van der Waals surface area (Å²) in [7, 11) is -3.06. The Kier molecular flexibility index (Phi) is 5.63. The topological polar surface area (TPSA) is 106 Å². The van der Waals surface area contributed by atoms with Crippen molar-refractivity contribution in [1.82, 2.24) is 5.32 Å². The van der Waals surface area contributed by atoms with E-state index in [-0.39, 0.29) is 30.0 Å². The summed E-state index contributed by atoms with van der Waals surface area (Å²) in [6.07, 6.45) is 1.41. The Morgan fingerprint density at radius 2 is 2.10 bits per heavy atom. The molecule has 0 heterocycles. The molecule has 0 atom stereocenters. The predicted molar refractivity (Wildman–Crippen MR) is 77.5 cm³/mol. The van der Waals surface area contributed by atoms with Crippen molar-refractivity contribution < 1.29 is 18.1 Å². The van der Waals surface area contributed by atoms with Crippen molar-refractivity contribution in [2.45, 2.75) is 6.42 Å². The molecule has 0 aromatic heterocycles. The maximum Gasteiger partial charge on any atom is 0.270 e. The van der Waals surface area contributed by atoms with Gasteiger partial charge in [0.1, 0.15) is 9.84 Å². The van der Waals surface area contributed by atoms with Gasteiger partial charge in [0, 0.05) is 29.4 Å². The van der Waals surface area contributed by atoms with Gasteiger partial charge in [0.15, 0.2) is 0 Å². The van der Waals surface area contributed by atoms with Gasteiger partial charge in [0.05, 0.1) is 16.2 Å². The van der Waals surface area contributed by atoms with E-state index in [4.69, 9.17) is 0 Å². The molecule has 1 aromatic carbocycles. The highest BCUT2D eigenvalue weighted by molar-refractivity contribution is 9.10. The fourth-order valence-electron chi connectivity index (χ4n) is 1.43. The molecule has 0 aliphatic rings. The van der Waals surface area contributed by atoms with Crippen LogP contribution in [0.3, 0.4) is 0 Å². The molecule has 20 heavy (non-hydrogen) atoms. The smallest absolute Gasteiger partial charge is 0.270 e. The summed E-state index contributed by atoms with van der Waals surface area (Å²) in [6, 6.07) is 3.87. The lowest BCUT2D eigenvalue weighted by atomic mass is 10.2. The van der Waals surface area contributed by atoms with Gasteiger partial charge in [-0.25, -0.2) is 8.42 Å². The maximum absolute atomic E-state index is 11.9. The van der Waals surface area contributed by atoms with E-state index in [9.17, 15) is 23.3 Å². The number of halogens is 1.